The molecule has 0 amide bonds. The van der Waals surface area contributed by atoms with E-state index in [2.05, 4.69) is 59.4 Å². The Hall–Kier alpha value is -3.38. The van der Waals surface area contributed by atoms with Gasteiger partial charge in [-0.2, -0.15) is 4.99 Å². The highest BCUT2D eigenvalue weighted by Crippen LogP contribution is 2.34. The molecule has 0 saturated heterocycles. The quantitative estimate of drug-likeness (QED) is 0.216. The molecule has 1 saturated carbocycles. The molecule has 3 aromatic carbocycles. The van der Waals surface area contributed by atoms with Gasteiger partial charge in [-0.25, -0.2) is 8.78 Å². The van der Waals surface area contributed by atoms with Crippen molar-refractivity contribution in [2.75, 3.05) is 0 Å². The lowest BCUT2D eigenvalue weighted by Crippen LogP contribution is -2.13. The summed E-state index contributed by atoms with van der Waals surface area (Å²) in [4.78, 5) is 3.48. The van der Waals surface area contributed by atoms with Crippen molar-refractivity contribution in [3.63, 3.8) is 0 Å². The molecule has 0 bridgehead atoms. The van der Waals surface area contributed by atoms with Gasteiger partial charge in [0.1, 0.15) is 5.69 Å². The SMILES string of the molecule is Fc1cc(C2=Cc3ccc(C#Cc4ccc(CC5CCC5)cc4)cc3CC2)cc(F)c1N=C=S. The predicted molar refractivity (Wildman–Crippen MR) is 137 cm³/mol. The summed E-state index contributed by atoms with van der Waals surface area (Å²) in [7, 11) is 0. The number of hydrogen-bond acceptors (Lipinski definition) is 2. The lowest BCUT2D eigenvalue weighted by Gasteiger charge is -2.25. The molecule has 0 unspecified atom stereocenters. The molecule has 2 aliphatic rings. The highest BCUT2D eigenvalue weighted by molar-refractivity contribution is 7.78. The third-order valence-electron chi connectivity index (χ3n) is 6.74. The molecule has 0 spiro atoms. The van der Waals surface area contributed by atoms with Gasteiger partial charge in [0.25, 0.3) is 0 Å². The Labute approximate surface area is 204 Å². The van der Waals surface area contributed by atoms with Crippen molar-refractivity contribution in [1.82, 2.24) is 0 Å². The molecular formula is C30H23F2NS. The van der Waals surface area contributed by atoms with Crippen molar-refractivity contribution < 1.29 is 8.78 Å². The monoisotopic (exact) mass is 467 g/mol. The number of aliphatic imine (C=N–C) groups is 1. The molecular weight excluding hydrogens is 444 g/mol. The van der Waals surface area contributed by atoms with Crippen molar-refractivity contribution >= 4 is 34.7 Å². The Balaban J connectivity index is 1.33. The average Bonchev–Trinajstić information content (AvgIpc) is 2.82. The topological polar surface area (TPSA) is 12.4 Å². The van der Waals surface area contributed by atoms with Gasteiger partial charge in [-0.1, -0.05) is 55.4 Å². The van der Waals surface area contributed by atoms with Gasteiger partial charge in [-0.15, -0.1) is 0 Å². The number of isothiocyanates is 1. The van der Waals surface area contributed by atoms with E-state index in [4.69, 9.17) is 0 Å². The number of rotatable bonds is 4. The molecule has 168 valence electrons. The van der Waals surface area contributed by atoms with Crippen LogP contribution in [0.1, 0.15) is 59.1 Å². The summed E-state index contributed by atoms with van der Waals surface area (Å²) in [5.74, 6) is 5.94. The molecule has 4 heteroatoms. The van der Waals surface area contributed by atoms with Crippen LogP contribution < -0.4 is 0 Å². The zero-order valence-corrected chi connectivity index (χ0v) is 19.5. The van der Waals surface area contributed by atoms with Crippen LogP contribution in [-0.2, 0) is 12.8 Å². The summed E-state index contributed by atoms with van der Waals surface area (Å²) >= 11 is 4.47. The van der Waals surface area contributed by atoms with E-state index in [0.717, 1.165) is 34.6 Å². The van der Waals surface area contributed by atoms with Crippen LogP contribution in [0.5, 0.6) is 0 Å². The minimum Gasteiger partial charge on any atom is -0.204 e. The normalized spacial score (nSPS) is 14.7. The summed E-state index contributed by atoms with van der Waals surface area (Å²) in [6.07, 6.45) is 8.75. The summed E-state index contributed by atoms with van der Waals surface area (Å²) in [6.45, 7) is 0. The highest BCUT2D eigenvalue weighted by Gasteiger charge is 2.18. The number of fused-ring (bicyclic) bond motifs is 1. The van der Waals surface area contributed by atoms with E-state index in [-0.39, 0.29) is 0 Å². The van der Waals surface area contributed by atoms with E-state index in [9.17, 15) is 8.78 Å². The number of thiocarbonyl (C=S) groups is 1. The summed E-state index contributed by atoms with van der Waals surface area (Å²) in [5.41, 5.74) is 6.64. The fourth-order valence-electron chi connectivity index (χ4n) is 4.60. The number of allylic oxidation sites excluding steroid dienone is 1. The Morgan fingerprint density at radius 2 is 1.59 bits per heavy atom. The number of halogens is 2. The van der Waals surface area contributed by atoms with Crippen molar-refractivity contribution in [3.05, 3.63) is 99.6 Å². The van der Waals surface area contributed by atoms with E-state index < -0.39 is 17.3 Å². The van der Waals surface area contributed by atoms with Gasteiger partial charge in [0.2, 0.25) is 0 Å². The van der Waals surface area contributed by atoms with Crippen LogP contribution in [0, 0.1) is 29.4 Å². The van der Waals surface area contributed by atoms with Crippen LogP contribution in [0.4, 0.5) is 14.5 Å². The third kappa shape index (κ3) is 4.92. The molecule has 0 heterocycles. The zero-order chi connectivity index (χ0) is 23.5. The van der Waals surface area contributed by atoms with Crippen molar-refractivity contribution in [3.8, 4) is 11.8 Å². The molecule has 1 nitrogen and oxygen atoms in total. The van der Waals surface area contributed by atoms with Crippen molar-refractivity contribution in [2.45, 2.75) is 38.5 Å². The molecule has 0 aromatic heterocycles. The Kier molecular flexibility index (Phi) is 6.50. The van der Waals surface area contributed by atoms with E-state index in [0.29, 0.717) is 12.0 Å². The number of aryl methyl sites for hydroxylation is 1. The number of benzene rings is 3. The molecule has 5 rings (SSSR count). The fraction of sp³-hybridized carbons (Fsp3) is 0.233. The van der Waals surface area contributed by atoms with E-state index >= 15 is 0 Å². The van der Waals surface area contributed by atoms with Crippen molar-refractivity contribution in [1.29, 1.82) is 0 Å². The van der Waals surface area contributed by atoms with Gasteiger partial charge in [0, 0.05) is 11.1 Å². The minimum atomic E-state index is -0.735. The van der Waals surface area contributed by atoms with Gasteiger partial charge in [-0.05, 0) is 102 Å². The Bertz CT molecular complexity index is 1360. The van der Waals surface area contributed by atoms with Crippen LogP contribution in [-0.4, -0.2) is 5.16 Å². The maximum absolute atomic E-state index is 14.3. The molecule has 1 fully saturated rings. The van der Waals surface area contributed by atoms with Gasteiger partial charge in [-0.3, -0.25) is 0 Å². The molecule has 0 radical (unpaired) electrons. The maximum Gasteiger partial charge on any atom is 0.153 e. The molecule has 34 heavy (non-hydrogen) atoms. The van der Waals surface area contributed by atoms with Gasteiger partial charge >= 0.3 is 0 Å². The lowest BCUT2D eigenvalue weighted by molar-refractivity contribution is 0.314. The third-order valence-corrected chi connectivity index (χ3v) is 6.83. The first kappa shape index (κ1) is 22.4. The summed E-state index contributed by atoms with van der Waals surface area (Å²) in [5, 5.41) is 2.02. The molecule has 0 N–H and O–H groups in total. The summed E-state index contributed by atoms with van der Waals surface area (Å²) in [6, 6.07) is 17.4. The smallest absolute Gasteiger partial charge is 0.153 e. The van der Waals surface area contributed by atoms with Crippen LogP contribution >= 0.6 is 12.2 Å². The number of hydrogen-bond donors (Lipinski definition) is 0. The predicted octanol–water partition coefficient (Wildman–Crippen LogP) is 7.93. The molecule has 0 atom stereocenters. The zero-order valence-electron chi connectivity index (χ0n) is 18.7. The van der Waals surface area contributed by atoms with Gasteiger partial charge < -0.3 is 0 Å². The fourth-order valence-corrected chi connectivity index (χ4v) is 4.69. The second-order valence-corrected chi connectivity index (χ2v) is 9.21. The number of nitrogens with zero attached hydrogens (tertiary/aromatic N) is 1. The van der Waals surface area contributed by atoms with Gasteiger partial charge in [0.05, 0.1) is 5.16 Å². The first-order valence-electron chi connectivity index (χ1n) is 11.6. The Morgan fingerprint density at radius 3 is 2.26 bits per heavy atom. The highest BCUT2D eigenvalue weighted by atomic mass is 32.1. The van der Waals surface area contributed by atoms with E-state index in [1.807, 2.05) is 23.4 Å². The lowest BCUT2D eigenvalue weighted by atomic mass is 9.81. The van der Waals surface area contributed by atoms with E-state index in [1.54, 1.807) is 0 Å². The van der Waals surface area contributed by atoms with Crippen LogP contribution in [0.25, 0.3) is 11.6 Å². The summed E-state index contributed by atoms with van der Waals surface area (Å²) < 4.78 is 28.5. The largest absolute Gasteiger partial charge is 0.204 e. The van der Waals surface area contributed by atoms with Crippen LogP contribution in [0.15, 0.2) is 59.6 Å². The second-order valence-electron chi connectivity index (χ2n) is 9.02. The first-order chi connectivity index (χ1) is 16.6. The van der Waals surface area contributed by atoms with Crippen LogP contribution in [0.2, 0.25) is 0 Å². The Morgan fingerprint density at radius 1 is 0.882 bits per heavy atom. The first-order valence-corrected chi connectivity index (χ1v) is 12.0. The molecule has 2 aliphatic carbocycles. The minimum absolute atomic E-state index is 0.397. The maximum atomic E-state index is 14.3. The van der Waals surface area contributed by atoms with Crippen LogP contribution in [0.3, 0.4) is 0 Å². The van der Waals surface area contributed by atoms with Crippen molar-refractivity contribution in [2.24, 2.45) is 10.9 Å². The second kappa shape index (κ2) is 9.85. The standard InChI is InChI=1S/C30H23F2NS/c31-28-17-27(18-29(32)30(28)33-19-34)26-13-12-24-15-23(10-11-25(24)16-26)9-6-20-4-7-22(8-5-20)14-21-2-1-3-21/h4-5,7-8,10-11,15-18,21H,1-3,12-14H2. The van der Waals surface area contributed by atoms with E-state index in [1.165, 1.54) is 48.9 Å². The molecule has 0 aliphatic heterocycles. The average molecular weight is 468 g/mol. The molecule has 3 aromatic rings. The van der Waals surface area contributed by atoms with Gasteiger partial charge in [0.15, 0.2) is 11.6 Å².